The molecular formula is C18H28N4O3. The van der Waals surface area contributed by atoms with Crippen molar-refractivity contribution in [3.63, 3.8) is 0 Å². The Balaban J connectivity index is 1.48. The molecule has 2 aliphatic heterocycles. The molecule has 3 heterocycles. The average molecular weight is 348 g/mol. The molecule has 0 saturated carbocycles. The van der Waals surface area contributed by atoms with Crippen molar-refractivity contribution < 1.29 is 9.66 Å². The summed E-state index contributed by atoms with van der Waals surface area (Å²) in [5.41, 5.74) is 0.109. The molecule has 0 bridgehead atoms. The highest BCUT2D eigenvalue weighted by atomic mass is 16.6. The number of rotatable bonds is 5. The van der Waals surface area contributed by atoms with Crippen LogP contribution < -0.4 is 4.90 Å². The van der Waals surface area contributed by atoms with Gasteiger partial charge in [0.05, 0.1) is 17.1 Å². The lowest BCUT2D eigenvalue weighted by Crippen LogP contribution is -2.46. The van der Waals surface area contributed by atoms with Crippen LogP contribution in [0.5, 0.6) is 0 Å². The standard InChI is InChI=1S/C18H28N4O3/c1-14-12-20(13-15(2)25-14)9-5-16-6-10-21(11-7-16)18-17(22(23)24)4-3-8-19-18/h3-4,8,14-16H,5-7,9-13H2,1-2H3. The minimum Gasteiger partial charge on any atom is -0.373 e. The van der Waals surface area contributed by atoms with Crippen molar-refractivity contribution in [1.82, 2.24) is 9.88 Å². The number of aromatic nitrogens is 1. The van der Waals surface area contributed by atoms with E-state index in [1.807, 2.05) is 0 Å². The molecule has 138 valence electrons. The number of anilines is 1. The van der Waals surface area contributed by atoms with Gasteiger partial charge in [0.25, 0.3) is 0 Å². The Morgan fingerprint density at radius 1 is 1.28 bits per heavy atom. The number of nitro groups is 1. The van der Waals surface area contributed by atoms with Gasteiger partial charge in [0.2, 0.25) is 5.82 Å². The van der Waals surface area contributed by atoms with E-state index in [0.29, 0.717) is 23.9 Å². The van der Waals surface area contributed by atoms with Gasteiger partial charge in [-0.1, -0.05) is 0 Å². The van der Waals surface area contributed by atoms with Crippen LogP contribution >= 0.6 is 0 Å². The van der Waals surface area contributed by atoms with Gasteiger partial charge in [-0.05, 0) is 51.6 Å². The van der Waals surface area contributed by atoms with Gasteiger partial charge in [0.1, 0.15) is 0 Å². The number of ether oxygens (including phenoxy) is 1. The molecule has 0 spiro atoms. The topological polar surface area (TPSA) is 71.7 Å². The number of morpholine rings is 1. The zero-order valence-corrected chi connectivity index (χ0v) is 15.1. The number of piperidine rings is 1. The first-order valence-electron chi connectivity index (χ1n) is 9.25. The molecule has 2 aliphatic rings. The Kier molecular flexibility index (Phi) is 5.86. The highest BCUT2D eigenvalue weighted by Crippen LogP contribution is 2.30. The van der Waals surface area contributed by atoms with E-state index in [1.54, 1.807) is 12.3 Å². The van der Waals surface area contributed by atoms with Gasteiger partial charge in [0.15, 0.2) is 0 Å². The third-order valence-corrected chi connectivity index (χ3v) is 5.23. The molecule has 3 rings (SSSR count). The Morgan fingerprint density at radius 2 is 1.96 bits per heavy atom. The second-order valence-electron chi connectivity index (χ2n) is 7.34. The van der Waals surface area contributed by atoms with Gasteiger partial charge in [-0.3, -0.25) is 15.0 Å². The summed E-state index contributed by atoms with van der Waals surface area (Å²) in [5.74, 6) is 1.20. The number of hydrogen-bond donors (Lipinski definition) is 0. The molecule has 1 aromatic rings. The summed E-state index contributed by atoms with van der Waals surface area (Å²) in [6.45, 7) is 9.12. The first kappa shape index (κ1) is 18.1. The van der Waals surface area contributed by atoms with Gasteiger partial charge < -0.3 is 9.64 Å². The minimum absolute atomic E-state index is 0.109. The van der Waals surface area contributed by atoms with Crippen molar-refractivity contribution in [2.24, 2.45) is 5.92 Å². The molecule has 7 heteroatoms. The van der Waals surface area contributed by atoms with Gasteiger partial charge in [-0.15, -0.1) is 0 Å². The fourth-order valence-electron chi connectivity index (χ4n) is 4.04. The van der Waals surface area contributed by atoms with Gasteiger partial charge in [-0.25, -0.2) is 4.98 Å². The van der Waals surface area contributed by atoms with E-state index < -0.39 is 0 Å². The Bertz CT molecular complexity index is 579. The van der Waals surface area contributed by atoms with Crippen LogP contribution in [0.1, 0.15) is 33.1 Å². The van der Waals surface area contributed by atoms with Crippen LogP contribution in [-0.4, -0.2) is 59.7 Å². The Morgan fingerprint density at radius 3 is 2.60 bits per heavy atom. The smallest absolute Gasteiger partial charge is 0.311 e. The summed E-state index contributed by atoms with van der Waals surface area (Å²) < 4.78 is 5.79. The van der Waals surface area contributed by atoms with Gasteiger partial charge >= 0.3 is 5.69 Å². The number of nitrogens with zero attached hydrogens (tertiary/aromatic N) is 4. The van der Waals surface area contributed by atoms with Crippen molar-refractivity contribution in [2.75, 3.05) is 37.6 Å². The lowest BCUT2D eigenvalue weighted by atomic mass is 9.93. The highest BCUT2D eigenvalue weighted by Gasteiger charge is 2.27. The fourth-order valence-corrected chi connectivity index (χ4v) is 4.04. The van der Waals surface area contributed by atoms with E-state index in [9.17, 15) is 10.1 Å². The molecule has 0 radical (unpaired) electrons. The van der Waals surface area contributed by atoms with Crippen LogP contribution in [0, 0.1) is 16.0 Å². The van der Waals surface area contributed by atoms with E-state index in [4.69, 9.17) is 4.74 Å². The zero-order valence-electron chi connectivity index (χ0n) is 15.1. The summed E-state index contributed by atoms with van der Waals surface area (Å²) in [4.78, 5) is 19.7. The monoisotopic (exact) mass is 348 g/mol. The molecule has 0 amide bonds. The number of hydrogen-bond acceptors (Lipinski definition) is 6. The third kappa shape index (κ3) is 4.67. The van der Waals surface area contributed by atoms with Crippen LogP contribution in [0.2, 0.25) is 0 Å². The number of pyridine rings is 1. The van der Waals surface area contributed by atoms with E-state index in [-0.39, 0.29) is 10.6 Å². The van der Waals surface area contributed by atoms with Crippen LogP contribution in [-0.2, 0) is 4.74 Å². The zero-order chi connectivity index (χ0) is 17.8. The van der Waals surface area contributed by atoms with E-state index >= 15 is 0 Å². The van der Waals surface area contributed by atoms with Crippen LogP contribution in [0.4, 0.5) is 11.5 Å². The molecule has 0 aliphatic carbocycles. The van der Waals surface area contributed by atoms with Crippen LogP contribution in [0.3, 0.4) is 0 Å². The predicted octanol–water partition coefficient (Wildman–Crippen LogP) is 2.71. The van der Waals surface area contributed by atoms with Gasteiger partial charge in [-0.2, -0.15) is 0 Å². The van der Waals surface area contributed by atoms with E-state index in [0.717, 1.165) is 45.6 Å². The lowest BCUT2D eigenvalue weighted by Gasteiger charge is -2.37. The van der Waals surface area contributed by atoms with Crippen molar-refractivity contribution in [2.45, 2.75) is 45.3 Å². The largest absolute Gasteiger partial charge is 0.373 e. The first-order chi connectivity index (χ1) is 12.0. The summed E-state index contributed by atoms with van der Waals surface area (Å²) >= 11 is 0. The Labute approximate surface area is 149 Å². The van der Waals surface area contributed by atoms with Crippen molar-refractivity contribution in [3.8, 4) is 0 Å². The molecule has 2 atom stereocenters. The third-order valence-electron chi connectivity index (χ3n) is 5.23. The highest BCUT2D eigenvalue weighted by molar-refractivity contribution is 5.57. The normalized spacial score (nSPS) is 25.9. The summed E-state index contributed by atoms with van der Waals surface area (Å²) in [7, 11) is 0. The molecule has 0 aromatic carbocycles. The SMILES string of the molecule is CC1CN(CCC2CCN(c3ncccc3[N+](=O)[O-])CC2)CC(C)O1. The van der Waals surface area contributed by atoms with E-state index in [2.05, 4.69) is 28.6 Å². The van der Waals surface area contributed by atoms with Crippen molar-refractivity contribution in [1.29, 1.82) is 0 Å². The average Bonchev–Trinajstić information content (AvgIpc) is 2.59. The Hall–Kier alpha value is -1.73. The van der Waals surface area contributed by atoms with E-state index in [1.165, 1.54) is 12.5 Å². The van der Waals surface area contributed by atoms with Crippen molar-refractivity contribution >= 4 is 11.5 Å². The second kappa shape index (κ2) is 8.10. The maximum atomic E-state index is 11.2. The first-order valence-corrected chi connectivity index (χ1v) is 9.25. The molecule has 0 N–H and O–H groups in total. The molecule has 2 fully saturated rings. The summed E-state index contributed by atoms with van der Waals surface area (Å²) in [5, 5.41) is 11.2. The fraction of sp³-hybridized carbons (Fsp3) is 0.722. The molecule has 7 nitrogen and oxygen atoms in total. The summed E-state index contributed by atoms with van der Waals surface area (Å²) in [6.07, 6.45) is 5.60. The molecule has 1 aromatic heterocycles. The molecule has 2 saturated heterocycles. The quantitative estimate of drug-likeness (QED) is 0.602. The van der Waals surface area contributed by atoms with Crippen LogP contribution in [0.25, 0.3) is 0 Å². The summed E-state index contributed by atoms with van der Waals surface area (Å²) in [6, 6.07) is 3.16. The second-order valence-corrected chi connectivity index (χ2v) is 7.34. The maximum absolute atomic E-state index is 11.2. The minimum atomic E-state index is -0.338. The lowest BCUT2D eigenvalue weighted by molar-refractivity contribution is -0.384. The molecule has 2 unspecified atom stereocenters. The van der Waals surface area contributed by atoms with Crippen molar-refractivity contribution in [3.05, 3.63) is 28.4 Å². The molecular weight excluding hydrogens is 320 g/mol. The van der Waals surface area contributed by atoms with Crippen LogP contribution in [0.15, 0.2) is 18.3 Å². The molecule has 25 heavy (non-hydrogen) atoms. The predicted molar refractivity (Wildman–Crippen MR) is 96.9 cm³/mol. The maximum Gasteiger partial charge on any atom is 0.311 e. The van der Waals surface area contributed by atoms with Gasteiger partial charge in [0, 0.05) is 38.4 Å².